The minimum atomic E-state index is -3.37. The smallest absolute Gasteiger partial charge is 0.341 e. The van der Waals surface area contributed by atoms with Crippen LogP contribution in [0.15, 0.2) is 48.5 Å². The zero-order valence-electron chi connectivity index (χ0n) is 14.0. The molecule has 0 saturated carbocycles. The molecule has 1 saturated heterocycles. The second-order valence-electron chi connectivity index (χ2n) is 5.98. The summed E-state index contributed by atoms with van der Waals surface area (Å²) >= 11 is 0. The van der Waals surface area contributed by atoms with Crippen LogP contribution in [0.2, 0.25) is 0 Å². The van der Waals surface area contributed by atoms with Crippen molar-refractivity contribution in [3.63, 3.8) is 0 Å². The van der Waals surface area contributed by atoms with Crippen LogP contribution in [0.25, 0.3) is 0 Å². The predicted octanol–water partition coefficient (Wildman–Crippen LogP) is 2.27. The topological polar surface area (TPSA) is 81.7 Å². The molecule has 0 spiro atoms. The van der Waals surface area contributed by atoms with E-state index in [0.29, 0.717) is 11.4 Å². The van der Waals surface area contributed by atoms with Gasteiger partial charge in [0.1, 0.15) is 17.7 Å². The van der Waals surface area contributed by atoms with E-state index in [1.807, 2.05) is 0 Å². The summed E-state index contributed by atoms with van der Waals surface area (Å²) in [5.41, 5.74) is 0.444. The van der Waals surface area contributed by atoms with Crippen LogP contribution in [-0.2, 0) is 14.6 Å². The summed E-state index contributed by atoms with van der Waals surface area (Å²) in [6.45, 7) is 0. The summed E-state index contributed by atoms with van der Waals surface area (Å²) in [5, 5.41) is 3.06. The molecule has 0 radical (unpaired) electrons. The number of hydrogen-bond acceptors (Lipinski definition) is 6. The van der Waals surface area contributed by atoms with Crippen LogP contribution in [0.3, 0.4) is 0 Å². The van der Waals surface area contributed by atoms with Gasteiger partial charge in [-0.25, -0.2) is 17.6 Å². The van der Waals surface area contributed by atoms with Gasteiger partial charge < -0.3 is 14.8 Å². The van der Waals surface area contributed by atoms with Crippen LogP contribution in [0, 0.1) is 5.82 Å². The molecular weight excluding hydrogens is 361 g/mol. The number of benzene rings is 2. The standard InChI is InChI=1S/C18H18FNO5S/c1-24-13-8-6-12(7-9-13)20-16-10-26(22,23)11-17(16)25-18(21)14-4-2-3-5-15(14)19/h2-9,16-17,20H,10-11H2,1H3/t16-,17-/m0/s1. The number of halogens is 1. The van der Waals surface area contributed by atoms with Crippen LogP contribution in [0.4, 0.5) is 10.1 Å². The quantitative estimate of drug-likeness (QED) is 0.803. The van der Waals surface area contributed by atoms with E-state index < -0.39 is 33.8 Å². The Kier molecular flexibility index (Phi) is 5.13. The number of anilines is 1. The van der Waals surface area contributed by atoms with Crippen molar-refractivity contribution < 1.29 is 27.1 Å². The maximum Gasteiger partial charge on any atom is 0.341 e. The Morgan fingerprint density at radius 2 is 1.81 bits per heavy atom. The SMILES string of the molecule is COc1ccc(N[C@H]2CS(=O)(=O)C[C@@H]2OC(=O)c2ccccc2F)cc1. The van der Waals surface area contributed by atoms with Gasteiger partial charge in [-0.15, -0.1) is 0 Å². The van der Waals surface area contributed by atoms with Gasteiger partial charge in [0.15, 0.2) is 9.84 Å². The van der Waals surface area contributed by atoms with E-state index in [2.05, 4.69) is 5.32 Å². The second kappa shape index (κ2) is 7.33. The molecule has 1 aliphatic rings. The van der Waals surface area contributed by atoms with E-state index in [-0.39, 0.29) is 17.1 Å². The van der Waals surface area contributed by atoms with Gasteiger partial charge in [-0.2, -0.15) is 0 Å². The molecule has 0 unspecified atom stereocenters. The Labute approximate surface area is 150 Å². The summed E-state index contributed by atoms with van der Waals surface area (Å²) in [4.78, 5) is 12.2. The Bertz CT molecular complexity index is 898. The van der Waals surface area contributed by atoms with E-state index in [4.69, 9.17) is 9.47 Å². The first-order valence-corrected chi connectivity index (χ1v) is 9.76. The fraction of sp³-hybridized carbons (Fsp3) is 0.278. The average molecular weight is 379 g/mol. The van der Waals surface area contributed by atoms with Crippen molar-refractivity contribution in [1.82, 2.24) is 0 Å². The number of carbonyl (C=O) groups is 1. The minimum Gasteiger partial charge on any atom is -0.497 e. The molecule has 8 heteroatoms. The van der Waals surface area contributed by atoms with Gasteiger partial charge in [0, 0.05) is 5.69 Å². The Balaban J connectivity index is 1.75. The number of ether oxygens (including phenoxy) is 2. The van der Waals surface area contributed by atoms with E-state index in [1.165, 1.54) is 18.2 Å². The number of hydrogen-bond donors (Lipinski definition) is 1. The zero-order chi connectivity index (χ0) is 18.7. The molecule has 2 aromatic rings. The van der Waals surface area contributed by atoms with E-state index in [0.717, 1.165) is 6.07 Å². The molecule has 1 aliphatic heterocycles. The Hall–Kier alpha value is -2.61. The van der Waals surface area contributed by atoms with Crippen molar-refractivity contribution >= 4 is 21.5 Å². The highest BCUT2D eigenvalue weighted by Crippen LogP contribution is 2.23. The summed E-state index contributed by atoms with van der Waals surface area (Å²) in [6.07, 6.45) is -0.908. The summed E-state index contributed by atoms with van der Waals surface area (Å²) in [6, 6.07) is 11.7. The van der Waals surface area contributed by atoms with Crippen molar-refractivity contribution in [2.45, 2.75) is 12.1 Å². The summed E-state index contributed by atoms with van der Waals surface area (Å²) in [5.74, 6) is -1.41. The first-order valence-electron chi connectivity index (χ1n) is 7.94. The molecule has 138 valence electrons. The number of rotatable bonds is 5. The molecule has 1 heterocycles. The van der Waals surface area contributed by atoms with E-state index in [9.17, 15) is 17.6 Å². The third-order valence-electron chi connectivity index (χ3n) is 4.09. The average Bonchev–Trinajstić information content (AvgIpc) is 2.89. The lowest BCUT2D eigenvalue weighted by Crippen LogP contribution is -2.36. The first-order chi connectivity index (χ1) is 12.4. The van der Waals surface area contributed by atoms with Gasteiger partial charge in [0.25, 0.3) is 0 Å². The van der Waals surface area contributed by atoms with Gasteiger partial charge in [-0.3, -0.25) is 0 Å². The van der Waals surface area contributed by atoms with E-state index in [1.54, 1.807) is 31.4 Å². The van der Waals surface area contributed by atoms with Crippen LogP contribution in [-0.4, -0.2) is 45.1 Å². The van der Waals surface area contributed by atoms with Gasteiger partial charge in [0.05, 0.1) is 30.2 Å². The third kappa shape index (κ3) is 4.13. The van der Waals surface area contributed by atoms with Crippen molar-refractivity contribution in [1.29, 1.82) is 0 Å². The lowest BCUT2D eigenvalue weighted by atomic mass is 10.1. The van der Waals surface area contributed by atoms with Crippen LogP contribution >= 0.6 is 0 Å². The molecule has 6 nitrogen and oxygen atoms in total. The lowest BCUT2D eigenvalue weighted by Gasteiger charge is -2.21. The Morgan fingerprint density at radius 3 is 2.46 bits per heavy atom. The lowest BCUT2D eigenvalue weighted by molar-refractivity contribution is 0.0331. The molecule has 0 aliphatic carbocycles. The number of methoxy groups -OCH3 is 1. The predicted molar refractivity (Wildman–Crippen MR) is 94.7 cm³/mol. The normalized spacial score (nSPS) is 21.2. The monoisotopic (exact) mass is 379 g/mol. The van der Waals surface area contributed by atoms with Gasteiger partial charge >= 0.3 is 5.97 Å². The van der Waals surface area contributed by atoms with Crippen molar-refractivity contribution in [3.05, 3.63) is 59.9 Å². The van der Waals surface area contributed by atoms with Crippen LogP contribution in [0.5, 0.6) is 5.75 Å². The Morgan fingerprint density at radius 1 is 1.12 bits per heavy atom. The number of carbonyl (C=O) groups excluding carboxylic acids is 1. The molecule has 1 fully saturated rings. The van der Waals surface area contributed by atoms with Crippen molar-refractivity contribution in [3.8, 4) is 5.75 Å². The highest BCUT2D eigenvalue weighted by Gasteiger charge is 2.40. The summed E-state index contributed by atoms with van der Waals surface area (Å²) < 4.78 is 48.1. The molecule has 2 atom stereocenters. The van der Waals surface area contributed by atoms with Crippen LogP contribution in [0.1, 0.15) is 10.4 Å². The maximum absolute atomic E-state index is 13.7. The fourth-order valence-electron chi connectivity index (χ4n) is 2.80. The van der Waals surface area contributed by atoms with Gasteiger partial charge in [0.2, 0.25) is 0 Å². The number of esters is 1. The molecule has 1 N–H and O–H groups in total. The third-order valence-corrected chi connectivity index (χ3v) is 5.80. The number of nitrogens with one attached hydrogen (secondary N) is 1. The fourth-order valence-corrected chi connectivity index (χ4v) is 4.58. The second-order valence-corrected chi connectivity index (χ2v) is 8.13. The van der Waals surface area contributed by atoms with Gasteiger partial charge in [-0.05, 0) is 36.4 Å². The van der Waals surface area contributed by atoms with E-state index >= 15 is 0 Å². The first kappa shape index (κ1) is 18.2. The molecule has 0 bridgehead atoms. The molecule has 2 aromatic carbocycles. The maximum atomic E-state index is 13.7. The molecule has 0 aromatic heterocycles. The van der Waals surface area contributed by atoms with Gasteiger partial charge in [-0.1, -0.05) is 12.1 Å². The molecule has 0 amide bonds. The zero-order valence-corrected chi connectivity index (χ0v) is 14.8. The minimum absolute atomic E-state index is 0.172. The largest absolute Gasteiger partial charge is 0.497 e. The summed E-state index contributed by atoms with van der Waals surface area (Å²) in [7, 11) is -1.83. The highest BCUT2D eigenvalue weighted by molar-refractivity contribution is 7.91. The van der Waals surface area contributed by atoms with Crippen molar-refractivity contribution in [2.75, 3.05) is 23.9 Å². The molecule has 26 heavy (non-hydrogen) atoms. The number of sulfone groups is 1. The molecular formula is C18H18FNO5S. The molecule has 3 rings (SSSR count). The van der Waals surface area contributed by atoms with Crippen molar-refractivity contribution in [2.24, 2.45) is 0 Å². The van der Waals surface area contributed by atoms with Crippen LogP contribution < -0.4 is 10.1 Å². The highest BCUT2D eigenvalue weighted by atomic mass is 32.2.